The molecule has 2 heterocycles. The predicted octanol–water partition coefficient (Wildman–Crippen LogP) is 1.88. The van der Waals surface area contributed by atoms with E-state index in [1.54, 1.807) is 0 Å². The number of nitrogens with two attached hydrogens (primary N) is 1. The van der Waals surface area contributed by atoms with Gasteiger partial charge in [0.25, 0.3) is 0 Å². The maximum atomic E-state index is 11.3. The van der Waals surface area contributed by atoms with Gasteiger partial charge in [-0.25, -0.2) is 9.59 Å². The third kappa shape index (κ3) is 18.9. The van der Waals surface area contributed by atoms with Crippen molar-refractivity contribution in [1.82, 2.24) is 19.6 Å². The summed E-state index contributed by atoms with van der Waals surface area (Å²) in [5.74, 6) is -6.63. The van der Waals surface area contributed by atoms with Gasteiger partial charge in [0.2, 0.25) is 0 Å². The standard InChI is InChI=1S/C24H39N5O4.2C2HF3O2/c25-22-5-3-20(4-6-22)15-21-16-26-7-1-9-28(18-23(30)31)13-12-27(17-21)8-2-10-29(14-11-26)19-24(32)33;2*3-2(4,5)1(6)7/h3-6,21H,1-2,7-19,25H2,(H,30,31)(H,32,33);2*(H,6,7). The van der Waals surface area contributed by atoms with E-state index in [0.29, 0.717) is 5.92 Å². The molecule has 2 unspecified atom stereocenters. The molecular weight excluding hydrogens is 648 g/mol. The molecular formula is C28H41F6N5O8. The first kappa shape index (κ1) is 41.3. The van der Waals surface area contributed by atoms with E-state index in [-0.39, 0.29) is 13.1 Å². The largest absolute Gasteiger partial charge is 0.490 e. The van der Waals surface area contributed by atoms with E-state index < -0.39 is 36.2 Å². The van der Waals surface area contributed by atoms with E-state index in [2.05, 4.69) is 31.7 Å². The molecule has 2 fully saturated rings. The number of aliphatic carboxylic acids is 4. The van der Waals surface area contributed by atoms with Crippen LogP contribution in [0.4, 0.5) is 32.0 Å². The van der Waals surface area contributed by atoms with Crippen molar-refractivity contribution in [3.05, 3.63) is 29.8 Å². The lowest BCUT2D eigenvalue weighted by atomic mass is 9.97. The van der Waals surface area contributed by atoms with Gasteiger partial charge >= 0.3 is 36.2 Å². The van der Waals surface area contributed by atoms with Gasteiger partial charge in [-0.05, 0) is 56.0 Å². The Hall–Kier alpha value is -3.68. The number of nitrogens with zero attached hydrogens (tertiary/aromatic N) is 4. The number of carbonyl (C=O) groups is 4. The van der Waals surface area contributed by atoms with Crippen LogP contribution in [0.25, 0.3) is 0 Å². The summed E-state index contributed by atoms with van der Waals surface area (Å²) in [6, 6.07) is 8.13. The zero-order valence-electron chi connectivity index (χ0n) is 25.5. The van der Waals surface area contributed by atoms with Crippen LogP contribution in [0.3, 0.4) is 0 Å². The number of anilines is 1. The van der Waals surface area contributed by atoms with Gasteiger partial charge in [-0.2, -0.15) is 26.3 Å². The van der Waals surface area contributed by atoms with Crippen LogP contribution in [0.5, 0.6) is 0 Å². The van der Waals surface area contributed by atoms with Crippen LogP contribution in [0, 0.1) is 5.92 Å². The highest BCUT2D eigenvalue weighted by atomic mass is 19.4. The summed E-state index contributed by atoms with van der Waals surface area (Å²) >= 11 is 0. The van der Waals surface area contributed by atoms with Crippen molar-refractivity contribution in [2.45, 2.75) is 31.6 Å². The normalized spacial score (nSPS) is 21.9. The molecule has 0 radical (unpaired) electrons. The summed E-state index contributed by atoms with van der Waals surface area (Å²) < 4.78 is 63.5. The highest BCUT2D eigenvalue weighted by molar-refractivity contribution is 5.73. The molecule has 2 aliphatic rings. The van der Waals surface area contributed by atoms with E-state index in [1.807, 2.05) is 12.1 Å². The van der Waals surface area contributed by atoms with Gasteiger partial charge in [0.15, 0.2) is 0 Å². The third-order valence-corrected chi connectivity index (χ3v) is 7.10. The number of nitrogen functional groups attached to an aromatic ring is 1. The van der Waals surface area contributed by atoms with E-state index in [0.717, 1.165) is 90.4 Å². The molecule has 2 aliphatic heterocycles. The number of rotatable bonds is 6. The number of hydrogen-bond donors (Lipinski definition) is 5. The summed E-state index contributed by atoms with van der Waals surface area (Å²) in [6.45, 7) is 8.46. The van der Waals surface area contributed by atoms with Crippen LogP contribution < -0.4 is 5.73 Å². The third-order valence-electron chi connectivity index (χ3n) is 7.10. The minimum Gasteiger partial charge on any atom is -0.480 e. The Balaban J connectivity index is 0.000000658. The van der Waals surface area contributed by atoms with Crippen molar-refractivity contribution in [3.63, 3.8) is 0 Å². The van der Waals surface area contributed by atoms with Gasteiger partial charge in [0.05, 0.1) is 13.1 Å². The molecule has 0 spiro atoms. The first-order chi connectivity index (χ1) is 21.8. The van der Waals surface area contributed by atoms with Crippen molar-refractivity contribution in [2.24, 2.45) is 5.92 Å². The number of hydrogen-bond acceptors (Lipinski definition) is 9. The van der Waals surface area contributed by atoms with Gasteiger partial charge in [-0.3, -0.25) is 19.4 Å². The SMILES string of the molecule is Nc1ccc(CC2CN3CCCN(CC(=O)O)CCN(CCCN(CC(=O)O)CC3)C2)cc1.O=C(O)C(F)(F)F.O=C(O)C(F)(F)F. The fourth-order valence-corrected chi connectivity index (χ4v) is 5.02. The Morgan fingerprint density at radius 2 is 1.00 bits per heavy atom. The summed E-state index contributed by atoms with van der Waals surface area (Å²) in [4.78, 5) is 49.5. The fourth-order valence-electron chi connectivity index (χ4n) is 5.02. The molecule has 13 nitrogen and oxygen atoms in total. The lowest BCUT2D eigenvalue weighted by molar-refractivity contribution is -0.193. The van der Waals surface area contributed by atoms with E-state index in [1.165, 1.54) is 5.56 Å². The number of halogens is 6. The highest BCUT2D eigenvalue weighted by Crippen LogP contribution is 2.17. The molecule has 3 rings (SSSR count). The fraction of sp³-hybridized carbons (Fsp3) is 0.643. The molecule has 2 saturated heterocycles. The Morgan fingerprint density at radius 1 is 0.638 bits per heavy atom. The molecule has 1 aromatic carbocycles. The van der Waals surface area contributed by atoms with Crippen molar-refractivity contribution in [3.8, 4) is 0 Å². The summed E-state index contributed by atoms with van der Waals surface area (Å²) in [5.41, 5.74) is 7.92. The first-order valence-electron chi connectivity index (χ1n) is 14.5. The monoisotopic (exact) mass is 689 g/mol. The molecule has 6 N–H and O–H groups in total. The molecule has 19 heteroatoms. The Labute approximate surface area is 267 Å². The summed E-state index contributed by atoms with van der Waals surface area (Å²) in [5, 5.41) is 32.9. The number of alkyl halides is 6. The first-order valence-corrected chi connectivity index (χ1v) is 14.5. The molecule has 0 amide bonds. The number of carboxylic acid groups (broad SMARTS) is 4. The topological polar surface area (TPSA) is 188 Å². The average Bonchev–Trinajstić information content (AvgIpc) is 2.99. The minimum absolute atomic E-state index is 0.0785. The number of fused-ring (bicyclic) bond motifs is 4. The predicted molar refractivity (Wildman–Crippen MR) is 156 cm³/mol. The van der Waals surface area contributed by atoms with Crippen LogP contribution in [0.15, 0.2) is 24.3 Å². The van der Waals surface area contributed by atoms with Gasteiger partial charge < -0.3 is 36.0 Å². The molecule has 268 valence electrons. The Bertz CT molecular complexity index is 1080. The lowest BCUT2D eigenvalue weighted by Gasteiger charge is -2.31. The second-order valence-electron chi connectivity index (χ2n) is 11.1. The second-order valence-corrected chi connectivity index (χ2v) is 11.1. The molecule has 0 aliphatic carbocycles. The average molecular weight is 690 g/mol. The molecule has 2 atom stereocenters. The van der Waals surface area contributed by atoms with Crippen LogP contribution in [-0.4, -0.2) is 155 Å². The quantitative estimate of drug-likeness (QED) is 0.215. The lowest BCUT2D eigenvalue weighted by Crippen LogP contribution is -2.41. The zero-order valence-corrected chi connectivity index (χ0v) is 25.5. The van der Waals surface area contributed by atoms with Crippen molar-refractivity contribution in [1.29, 1.82) is 0 Å². The van der Waals surface area contributed by atoms with Crippen LogP contribution in [0.1, 0.15) is 18.4 Å². The second kappa shape index (κ2) is 19.9. The molecule has 0 aromatic heterocycles. The molecule has 1 aromatic rings. The van der Waals surface area contributed by atoms with Crippen molar-refractivity contribution < 1.29 is 65.9 Å². The minimum atomic E-state index is -5.08. The van der Waals surface area contributed by atoms with Crippen molar-refractivity contribution >= 4 is 29.6 Å². The molecule has 2 bridgehead atoms. The number of carboxylic acids is 4. The van der Waals surface area contributed by atoms with E-state index >= 15 is 0 Å². The zero-order chi connectivity index (χ0) is 35.8. The molecule has 0 saturated carbocycles. The van der Waals surface area contributed by atoms with Gasteiger partial charge in [-0.15, -0.1) is 0 Å². The maximum absolute atomic E-state index is 11.3. The Kier molecular flexibility index (Phi) is 17.5. The van der Waals surface area contributed by atoms with Gasteiger partial charge in [0.1, 0.15) is 0 Å². The Morgan fingerprint density at radius 3 is 1.32 bits per heavy atom. The van der Waals surface area contributed by atoms with Crippen LogP contribution >= 0.6 is 0 Å². The van der Waals surface area contributed by atoms with Gasteiger partial charge in [0, 0.05) is 58.0 Å². The summed E-state index contributed by atoms with van der Waals surface area (Å²) in [6.07, 6.45) is -7.40. The maximum Gasteiger partial charge on any atom is 0.490 e. The highest BCUT2D eigenvalue weighted by Gasteiger charge is 2.39. The smallest absolute Gasteiger partial charge is 0.480 e. The van der Waals surface area contributed by atoms with Crippen molar-refractivity contribution in [2.75, 3.05) is 84.3 Å². The van der Waals surface area contributed by atoms with Crippen LogP contribution in [0.2, 0.25) is 0 Å². The van der Waals surface area contributed by atoms with E-state index in [4.69, 9.17) is 25.5 Å². The van der Waals surface area contributed by atoms with Crippen LogP contribution in [-0.2, 0) is 25.6 Å². The van der Waals surface area contributed by atoms with E-state index in [9.17, 15) is 46.1 Å². The van der Waals surface area contributed by atoms with Gasteiger partial charge in [-0.1, -0.05) is 12.1 Å². The molecule has 47 heavy (non-hydrogen) atoms. The number of benzene rings is 1. The summed E-state index contributed by atoms with van der Waals surface area (Å²) in [7, 11) is 0.